The molecule has 0 spiro atoms. The molecule has 2 N–H and O–H groups in total. The van der Waals surface area contributed by atoms with Gasteiger partial charge in [-0.3, -0.25) is 4.79 Å². The molecule has 0 saturated carbocycles. The van der Waals surface area contributed by atoms with Crippen molar-refractivity contribution in [1.82, 2.24) is 9.97 Å². The van der Waals surface area contributed by atoms with E-state index in [9.17, 15) is 4.79 Å². The predicted octanol–water partition coefficient (Wildman–Crippen LogP) is 4.01. The molecule has 134 valence electrons. The van der Waals surface area contributed by atoms with E-state index in [-0.39, 0.29) is 5.69 Å². The fourth-order valence-electron chi connectivity index (χ4n) is 2.32. The van der Waals surface area contributed by atoms with Crippen molar-refractivity contribution in [2.45, 2.75) is 0 Å². The van der Waals surface area contributed by atoms with Crippen molar-refractivity contribution in [1.29, 1.82) is 5.26 Å². The van der Waals surface area contributed by atoms with Gasteiger partial charge in [-0.2, -0.15) is 5.26 Å². The van der Waals surface area contributed by atoms with E-state index >= 15 is 0 Å². The molecule has 0 aliphatic rings. The molecule has 3 aromatic rings. The van der Waals surface area contributed by atoms with Crippen LogP contribution < -0.4 is 15.4 Å². The second kappa shape index (κ2) is 8.17. The van der Waals surface area contributed by atoms with Crippen molar-refractivity contribution in [3.05, 3.63) is 71.1 Å². The molecule has 8 heteroatoms. The van der Waals surface area contributed by atoms with Crippen LogP contribution in [0.2, 0.25) is 5.02 Å². The summed E-state index contributed by atoms with van der Waals surface area (Å²) in [5, 5.41) is 15.3. The Kier molecular flexibility index (Phi) is 5.50. The number of benzene rings is 2. The number of ether oxygens (including phenoxy) is 1. The van der Waals surface area contributed by atoms with Gasteiger partial charge < -0.3 is 15.4 Å². The van der Waals surface area contributed by atoms with Crippen LogP contribution in [0.15, 0.2) is 54.9 Å². The van der Waals surface area contributed by atoms with Crippen LogP contribution in [0.5, 0.6) is 5.75 Å². The van der Waals surface area contributed by atoms with E-state index < -0.39 is 5.91 Å². The molecule has 27 heavy (non-hydrogen) atoms. The molecule has 7 nitrogen and oxygen atoms in total. The van der Waals surface area contributed by atoms with Gasteiger partial charge in [-0.05, 0) is 30.3 Å². The van der Waals surface area contributed by atoms with Gasteiger partial charge in [0.2, 0.25) is 0 Å². The molecule has 0 saturated heterocycles. The first-order valence-electron chi connectivity index (χ1n) is 7.84. The Morgan fingerprint density at radius 1 is 1.19 bits per heavy atom. The zero-order valence-corrected chi connectivity index (χ0v) is 15.0. The van der Waals surface area contributed by atoms with E-state index in [0.29, 0.717) is 33.5 Å². The van der Waals surface area contributed by atoms with Crippen molar-refractivity contribution in [3.63, 3.8) is 0 Å². The van der Waals surface area contributed by atoms with Crippen molar-refractivity contribution in [2.24, 2.45) is 0 Å². The zero-order chi connectivity index (χ0) is 19.2. The average Bonchev–Trinajstić information content (AvgIpc) is 2.69. The number of rotatable bonds is 5. The quantitative estimate of drug-likeness (QED) is 0.694. The minimum Gasteiger partial charge on any atom is -0.495 e. The van der Waals surface area contributed by atoms with Gasteiger partial charge in [0.05, 0.1) is 23.4 Å². The molecule has 1 amide bonds. The van der Waals surface area contributed by atoms with Crippen LogP contribution in [0.25, 0.3) is 0 Å². The number of para-hydroxylation sites is 1. The second-order valence-electron chi connectivity index (χ2n) is 5.37. The van der Waals surface area contributed by atoms with E-state index in [1.165, 1.54) is 19.5 Å². The van der Waals surface area contributed by atoms with E-state index in [2.05, 4.69) is 26.7 Å². The summed E-state index contributed by atoms with van der Waals surface area (Å²) < 4.78 is 5.08. The lowest BCUT2D eigenvalue weighted by atomic mass is 10.2. The van der Waals surface area contributed by atoms with Crippen LogP contribution >= 0.6 is 11.6 Å². The largest absolute Gasteiger partial charge is 0.495 e. The number of aromatic nitrogens is 2. The fraction of sp³-hybridized carbons (Fsp3) is 0.0526. The number of hydrogen-bond donors (Lipinski definition) is 2. The number of nitrogens with zero attached hydrogens (tertiary/aromatic N) is 3. The summed E-state index contributed by atoms with van der Waals surface area (Å²) >= 11 is 6.06. The van der Waals surface area contributed by atoms with E-state index in [0.717, 1.165) is 0 Å². The Bertz CT molecular complexity index is 1030. The molecule has 0 unspecified atom stereocenters. The summed E-state index contributed by atoms with van der Waals surface area (Å²) in [4.78, 5) is 20.5. The predicted molar refractivity (Wildman–Crippen MR) is 102 cm³/mol. The fourth-order valence-corrected chi connectivity index (χ4v) is 2.57. The first-order chi connectivity index (χ1) is 13.1. The van der Waals surface area contributed by atoms with Gasteiger partial charge in [-0.25, -0.2) is 9.97 Å². The Hall–Kier alpha value is -3.63. The molecule has 0 radical (unpaired) electrons. The monoisotopic (exact) mass is 379 g/mol. The normalized spacial score (nSPS) is 9.96. The molecule has 1 aromatic heterocycles. The van der Waals surface area contributed by atoms with Gasteiger partial charge in [0.1, 0.15) is 29.7 Å². The minimum atomic E-state index is -0.421. The standard InChI is InChI=1S/C19H14ClN5O2/c1-27-17-7-6-13(8-14(17)20)24-19(26)16-9-18(23-11-22-16)25-15-5-3-2-4-12(15)10-21/h2-9,11H,1H3,(H,24,26)(H,22,23,25). The third-order valence-electron chi connectivity index (χ3n) is 3.62. The highest BCUT2D eigenvalue weighted by Gasteiger charge is 2.11. The van der Waals surface area contributed by atoms with Crippen LogP contribution in [0, 0.1) is 11.3 Å². The first-order valence-corrected chi connectivity index (χ1v) is 8.21. The maximum Gasteiger partial charge on any atom is 0.274 e. The Balaban J connectivity index is 1.78. The number of hydrogen-bond acceptors (Lipinski definition) is 6. The zero-order valence-electron chi connectivity index (χ0n) is 14.2. The average molecular weight is 380 g/mol. The lowest BCUT2D eigenvalue weighted by Gasteiger charge is -2.09. The number of carbonyl (C=O) groups is 1. The molecule has 0 fully saturated rings. The van der Waals surface area contributed by atoms with Crippen LogP contribution in [0.1, 0.15) is 16.1 Å². The third kappa shape index (κ3) is 4.32. The van der Waals surface area contributed by atoms with Gasteiger partial charge >= 0.3 is 0 Å². The molecular formula is C19H14ClN5O2. The minimum absolute atomic E-state index is 0.161. The van der Waals surface area contributed by atoms with Crippen LogP contribution in [0.3, 0.4) is 0 Å². The van der Waals surface area contributed by atoms with E-state index in [1.54, 1.807) is 42.5 Å². The van der Waals surface area contributed by atoms with Gasteiger partial charge in [0.15, 0.2) is 0 Å². The molecule has 0 aliphatic carbocycles. The molecule has 0 atom stereocenters. The summed E-state index contributed by atoms with van der Waals surface area (Å²) in [7, 11) is 1.51. The number of amides is 1. The number of methoxy groups -OCH3 is 1. The first kappa shape index (κ1) is 18.2. The number of anilines is 3. The molecule has 2 aromatic carbocycles. The molecular weight excluding hydrogens is 366 g/mol. The lowest BCUT2D eigenvalue weighted by molar-refractivity contribution is 0.102. The van der Waals surface area contributed by atoms with Gasteiger partial charge in [-0.15, -0.1) is 0 Å². The summed E-state index contributed by atoms with van der Waals surface area (Å²) in [5.74, 6) is 0.486. The number of nitrogens with one attached hydrogen (secondary N) is 2. The Labute approximate surface area is 160 Å². The van der Waals surface area contributed by atoms with Gasteiger partial charge in [0.25, 0.3) is 5.91 Å². The Morgan fingerprint density at radius 2 is 2.00 bits per heavy atom. The number of nitriles is 1. The van der Waals surface area contributed by atoms with Crippen LogP contribution in [-0.4, -0.2) is 23.0 Å². The molecule has 0 aliphatic heterocycles. The summed E-state index contributed by atoms with van der Waals surface area (Å²) in [5.41, 5.74) is 1.73. The molecule has 3 rings (SSSR count). The van der Waals surface area contributed by atoms with Crippen molar-refractivity contribution >= 4 is 34.7 Å². The maximum atomic E-state index is 12.5. The summed E-state index contributed by atoms with van der Waals surface area (Å²) in [6, 6.07) is 15.5. The number of carbonyl (C=O) groups excluding carboxylic acids is 1. The van der Waals surface area contributed by atoms with E-state index in [1.807, 2.05) is 0 Å². The number of halogens is 1. The molecule has 0 bridgehead atoms. The van der Waals surface area contributed by atoms with Crippen LogP contribution in [0.4, 0.5) is 17.2 Å². The third-order valence-corrected chi connectivity index (χ3v) is 3.92. The van der Waals surface area contributed by atoms with Crippen molar-refractivity contribution in [2.75, 3.05) is 17.7 Å². The highest BCUT2D eigenvalue weighted by Crippen LogP contribution is 2.27. The molecule has 1 heterocycles. The van der Waals surface area contributed by atoms with Gasteiger partial charge in [0, 0.05) is 11.8 Å². The SMILES string of the molecule is COc1ccc(NC(=O)c2cc(Nc3ccccc3C#N)ncn2)cc1Cl. The highest BCUT2D eigenvalue weighted by atomic mass is 35.5. The summed E-state index contributed by atoms with van der Waals surface area (Å²) in [6.45, 7) is 0. The highest BCUT2D eigenvalue weighted by molar-refractivity contribution is 6.32. The summed E-state index contributed by atoms with van der Waals surface area (Å²) in [6.07, 6.45) is 1.27. The topological polar surface area (TPSA) is 99.9 Å². The smallest absolute Gasteiger partial charge is 0.274 e. The second-order valence-corrected chi connectivity index (χ2v) is 5.78. The Morgan fingerprint density at radius 3 is 2.74 bits per heavy atom. The van der Waals surface area contributed by atoms with E-state index in [4.69, 9.17) is 21.6 Å². The van der Waals surface area contributed by atoms with Crippen molar-refractivity contribution in [3.8, 4) is 11.8 Å². The van der Waals surface area contributed by atoms with Gasteiger partial charge in [-0.1, -0.05) is 23.7 Å². The van der Waals surface area contributed by atoms with Crippen molar-refractivity contribution < 1.29 is 9.53 Å². The van der Waals surface area contributed by atoms with Crippen LogP contribution in [-0.2, 0) is 0 Å². The lowest BCUT2D eigenvalue weighted by Crippen LogP contribution is -2.14. The maximum absolute atomic E-state index is 12.5.